The fourth-order valence-electron chi connectivity index (χ4n) is 3.39. The van der Waals surface area contributed by atoms with Crippen LogP contribution in [0.5, 0.6) is 0 Å². The second-order valence-electron chi connectivity index (χ2n) is 7.80. The molecule has 1 heterocycles. The highest BCUT2D eigenvalue weighted by molar-refractivity contribution is 5.85. The van der Waals surface area contributed by atoms with Crippen molar-refractivity contribution >= 4 is 17.1 Å². The van der Waals surface area contributed by atoms with E-state index in [-0.39, 0.29) is 0 Å². The topological polar surface area (TPSA) is 28.1 Å². The van der Waals surface area contributed by atoms with Gasteiger partial charge in [0.1, 0.15) is 0 Å². The van der Waals surface area contributed by atoms with Gasteiger partial charge in [-0.05, 0) is 69.4 Å². The number of H-pyrrole nitrogens is 1. The van der Waals surface area contributed by atoms with Gasteiger partial charge in [-0.25, -0.2) is 0 Å². The van der Waals surface area contributed by atoms with E-state index in [2.05, 4.69) is 74.6 Å². The number of benzene rings is 2. The number of aromatic nitrogens is 1. The SMILES string of the molecule is C=C(C)/C(C=NC)=C/C.CC.CCCc1[nH]c2ccc(C)cc2c1CC.Cc1ccccc1. The van der Waals surface area contributed by atoms with Gasteiger partial charge in [-0.15, -0.1) is 0 Å². The maximum Gasteiger partial charge on any atom is 0.0459 e. The Labute approximate surface area is 203 Å². The van der Waals surface area contributed by atoms with Crippen molar-refractivity contribution in [1.29, 1.82) is 0 Å². The molecule has 0 saturated carbocycles. The van der Waals surface area contributed by atoms with E-state index in [1.165, 1.54) is 39.7 Å². The minimum Gasteiger partial charge on any atom is -0.358 e. The monoisotopic (exact) mass is 446 g/mol. The first-order chi connectivity index (χ1) is 15.9. The molecule has 33 heavy (non-hydrogen) atoms. The van der Waals surface area contributed by atoms with Crippen molar-refractivity contribution in [3.8, 4) is 0 Å². The van der Waals surface area contributed by atoms with Gasteiger partial charge in [0, 0.05) is 29.9 Å². The van der Waals surface area contributed by atoms with E-state index in [0.717, 1.165) is 24.0 Å². The zero-order valence-corrected chi connectivity index (χ0v) is 22.5. The van der Waals surface area contributed by atoms with Gasteiger partial charge < -0.3 is 4.98 Å². The highest BCUT2D eigenvalue weighted by Crippen LogP contribution is 2.25. The van der Waals surface area contributed by atoms with E-state index < -0.39 is 0 Å². The van der Waals surface area contributed by atoms with Crippen molar-refractivity contribution in [1.82, 2.24) is 4.98 Å². The molecule has 0 radical (unpaired) electrons. The zero-order chi connectivity index (χ0) is 25.2. The van der Waals surface area contributed by atoms with Crippen LogP contribution in [0.1, 0.15) is 70.3 Å². The molecule has 0 unspecified atom stereocenters. The molecule has 0 amide bonds. The zero-order valence-electron chi connectivity index (χ0n) is 22.5. The second kappa shape index (κ2) is 17.7. The molecule has 0 aliphatic rings. The Morgan fingerprint density at radius 1 is 1.00 bits per heavy atom. The summed E-state index contributed by atoms with van der Waals surface area (Å²) >= 11 is 0. The van der Waals surface area contributed by atoms with Crippen LogP contribution in [0.25, 0.3) is 10.9 Å². The van der Waals surface area contributed by atoms with Crippen molar-refractivity contribution in [2.24, 2.45) is 4.99 Å². The van der Waals surface area contributed by atoms with Crippen LogP contribution in [-0.4, -0.2) is 18.2 Å². The van der Waals surface area contributed by atoms with Crippen molar-refractivity contribution in [2.45, 2.75) is 74.7 Å². The van der Waals surface area contributed by atoms with Crippen molar-refractivity contribution in [3.05, 3.63) is 94.7 Å². The Morgan fingerprint density at radius 2 is 1.64 bits per heavy atom. The number of nitrogens with zero attached hydrogens (tertiary/aromatic N) is 1. The standard InChI is InChI=1S/C14H19N.C8H13N.C7H8.C2H6/c1-4-6-13-11(5-2)12-9-10(3)7-8-14(12)15-13;1-5-8(6-9-4)7(2)3;1-7-5-3-2-4-6-7;1-2/h7-9,15H,4-6H2,1-3H3;5-6H,2H2,1,3-4H3;2-6H,1H3;1-2H3/b;8-5+,9-6?;;. The number of hydrogen-bond acceptors (Lipinski definition) is 1. The minimum atomic E-state index is 1.06. The van der Waals surface area contributed by atoms with Gasteiger partial charge in [0.15, 0.2) is 0 Å². The maximum absolute atomic E-state index is 3.87. The third-order valence-corrected chi connectivity index (χ3v) is 5.02. The van der Waals surface area contributed by atoms with Crippen LogP contribution in [0.4, 0.5) is 0 Å². The maximum atomic E-state index is 3.87. The molecule has 0 bridgehead atoms. The highest BCUT2D eigenvalue weighted by atomic mass is 14.7. The van der Waals surface area contributed by atoms with E-state index in [0.29, 0.717) is 0 Å². The fourth-order valence-corrected chi connectivity index (χ4v) is 3.39. The first-order valence-corrected chi connectivity index (χ1v) is 12.2. The average molecular weight is 447 g/mol. The summed E-state index contributed by atoms with van der Waals surface area (Å²) in [5.74, 6) is 0. The molecule has 180 valence electrons. The van der Waals surface area contributed by atoms with E-state index in [9.17, 15) is 0 Å². The summed E-state index contributed by atoms with van der Waals surface area (Å²) in [5, 5.41) is 1.42. The molecule has 0 aliphatic carbocycles. The summed E-state index contributed by atoms with van der Waals surface area (Å²) in [7, 11) is 1.76. The molecular weight excluding hydrogens is 400 g/mol. The van der Waals surface area contributed by atoms with Crippen LogP contribution < -0.4 is 0 Å². The largest absolute Gasteiger partial charge is 0.358 e. The van der Waals surface area contributed by atoms with E-state index in [4.69, 9.17) is 0 Å². The highest BCUT2D eigenvalue weighted by Gasteiger charge is 2.08. The first-order valence-electron chi connectivity index (χ1n) is 12.2. The Balaban J connectivity index is 0.000000488. The van der Waals surface area contributed by atoms with Crippen molar-refractivity contribution in [2.75, 3.05) is 7.05 Å². The fraction of sp³-hybridized carbons (Fsp3) is 0.387. The lowest BCUT2D eigenvalue weighted by molar-refractivity contribution is 0.877. The number of hydrogen-bond donors (Lipinski definition) is 1. The second-order valence-corrected chi connectivity index (χ2v) is 7.80. The summed E-state index contributed by atoms with van der Waals surface area (Å²) in [4.78, 5) is 7.42. The van der Waals surface area contributed by atoms with E-state index >= 15 is 0 Å². The third kappa shape index (κ3) is 11.0. The van der Waals surface area contributed by atoms with Gasteiger partial charge in [0.05, 0.1) is 0 Å². The quantitative estimate of drug-likeness (QED) is 0.299. The lowest BCUT2D eigenvalue weighted by atomic mass is 10.0. The van der Waals surface area contributed by atoms with Crippen molar-refractivity contribution < 1.29 is 0 Å². The minimum absolute atomic E-state index is 1.06. The molecule has 2 heteroatoms. The molecule has 0 atom stereocenters. The van der Waals surface area contributed by atoms with Crippen LogP contribution in [0.2, 0.25) is 0 Å². The Bertz CT molecular complexity index is 988. The Morgan fingerprint density at radius 3 is 2.03 bits per heavy atom. The van der Waals surface area contributed by atoms with Gasteiger partial charge in [-0.1, -0.05) is 94.3 Å². The van der Waals surface area contributed by atoms with Gasteiger partial charge in [0.25, 0.3) is 0 Å². The number of nitrogens with one attached hydrogen (secondary N) is 1. The van der Waals surface area contributed by atoms with Crippen LogP contribution in [0, 0.1) is 13.8 Å². The molecule has 1 N–H and O–H groups in total. The van der Waals surface area contributed by atoms with Crippen LogP contribution >= 0.6 is 0 Å². The number of fused-ring (bicyclic) bond motifs is 1. The molecule has 1 aromatic heterocycles. The summed E-state index contributed by atoms with van der Waals surface area (Å²) in [6.07, 6.45) is 7.30. The van der Waals surface area contributed by atoms with Gasteiger partial charge in [0.2, 0.25) is 0 Å². The normalized spacial score (nSPS) is 10.5. The lowest BCUT2D eigenvalue weighted by Crippen LogP contribution is -1.89. The first kappa shape index (κ1) is 30.1. The van der Waals surface area contributed by atoms with Crippen LogP contribution in [0.15, 0.2) is 77.3 Å². The Hall–Kier alpha value is -2.87. The summed E-state index contributed by atoms with van der Waals surface area (Å²) in [5.41, 5.74) is 9.07. The predicted octanol–water partition coefficient (Wildman–Crippen LogP) is 9.22. The summed E-state index contributed by atoms with van der Waals surface area (Å²) < 4.78 is 0. The molecule has 0 fully saturated rings. The molecule has 3 aromatic rings. The summed E-state index contributed by atoms with van der Waals surface area (Å²) in [6, 6.07) is 16.9. The molecular formula is C31H46N2. The Kier molecular flexibility index (Phi) is 16.1. The average Bonchev–Trinajstić information content (AvgIpc) is 3.16. The smallest absolute Gasteiger partial charge is 0.0459 e. The predicted molar refractivity (Wildman–Crippen MR) is 152 cm³/mol. The van der Waals surface area contributed by atoms with Crippen molar-refractivity contribution in [3.63, 3.8) is 0 Å². The van der Waals surface area contributed by atoms with Crippen LogP contribution in [-0.2, 0) is 12.8 Å². The van der Waals surface area contributed by atoms with Gasteiger partial charge in [-0.3, -0.25) is 4.99 Å². The number of aryl methyl sites for hydroxylation is 4. The molecule has 2 aromatic carbocycles. The molecule has 0 saturated heterocycles. The lowest BCUT2D eigenvalue weighted by Gasteiger charge is -1.99. The van der Waals surface area contributed by atoms with Gasteiger partial charge >= 0.3 is 0 Å². The number of aromatic amines is 1. The molecule has 3 rings (SSSR count). The van der Waals surface area contributed by atoms with Crippen LogP contribution in [0.3, 0.4) is 0 Å². The number of aliphatic imine (C=N–C) groups is 1. The molecule has 0 aliphatic heterocycles. The number of allylic oxidation sites excluding steroid dienone is 3. The number of rotatable bonds is 5. The molecule has 2 nitrogen and oxygen atoms in total. The van der Waals surface area contributed by atoms with E-state index in [1.807, 2.05) is 58.2 Å². The van der Waals surface area contributed by atoms with E-state index in [1.54, 1.807) is 7.05 Å². The molecule has 0 spiro atoms. The van der Waals surface area contributed by atoms with Gasteiger partial charge in [-0.2, -0.15) is 0 Å². The third-order valence-electron chi connectivity index (χ3n) is 5.02. The summed E-state index contributed by atoms with van der Waals surface area (Å²) in [6.45, 7) is 20.4.